The quantitative estimate of drug-likeness (QED) is 0.730. The summed E-state index contributed by atoms with van der Waals surface area (Å²) in [5, 5.41) is 3.54. The van der Waals surface area contributed by atoms with Gasteiger partial charge in [0.25, 0.3) is 0 Å². The van der Waals surface area contributed by atoms with E-state index in [0.29, 0.717) is 50.6 Å². The van der Waals surface area contributed by atoms with Crippen LogP contribution in [0.15, 0.2) is 22.7 Å². The number of urea groups is 1. The largest absolute Gasteiger partial charge is 0.372 e. The maximum atomic E-state index is 12.8. The van der Waals surface area contributed by atoms with Crippen molar-refractivity contribution >= 4 is 39.5 Å². The van der Waals surface area contributed by atoms with Gasteiger partial charge in [0, 0.05) is 48.1 Å². The summed E-state index contributed by atoms with van der Waals surface area (Å²) in [6, 6.07) is 5.49. The van der Waals surface area contributed by atoms with Gasteiger partial charge in [-0.25, -0.2) is 4.79 Å². The lowest BCUT2D eigenvalue weighted by Gasteiger charge is -2.39. The molecule has 2 heterocycles. The SMILES string of the molecule is CC1CN(C(=O)C2CCN(C(=O)NCc3ccc(Br)cc3Cl)CC2)CC(C)O1. The highest BCUT2D eigenvalue weighted by molar-refractivity contribution is 9.10. The molecule has 28 heavy (non-hydrogen) atoms. The van der Waals surface area contributed by atoms with Crippen LogP contribution in [0.4, 0.5) is 4.79 Å². The van der Waals surface area contributed by atoms with E-state index in [0.717, 1.165) is 10.0 Å². The molecular weight excluding hydrogens is 446 g/mol. The van der Waals surface area contributed by atoms with Gasteiger partial charge in [0.2, 0.25) is 5.91 Å². The molecule has 154 valence electrons. The van der Waals surface area contributed by atoms with Gasteiger partial charge in [-0.2, -0.15) is 0 Å². The molecule has 1 N–H and O–H groups in total. The molecule has 1 aromatic rings. The minimum absolute atomic E-state index is 0.0116. The van der Waals surface area contributed by atoms with E-state index in [4.69, 9.17) is 16.3 Å². The summed E-state index contributed by atoms with van der Waals surface area (Å²) in [6.07, 6.45) is 1.55. The highest BCUT2D eigenvalue weighted by atomic mass is 79.9. The summed E-state index contributed by atoms with van der Waals surface area (Å²) in [7, 11) is 0. The molecular formula is C20H27BrClN3O3. The number of benzene rings is 1. The summed E-state index contributed by atoms with van der Waals surface area (Å²) in [5.41, 5.74) is 0.874. The number of nitrogens with zero attached hydrogens (tertiary/aromatic N) is 2. The molecule has 1 aromatic carbocycles. The summed E-state index contributed by atoms with van der Waals surface area (Å²) >= 11 is 9.57. The Morgan fingerprint density at radius 1 is 1.18 bits per heavy atom. The van der Waals surface area contributed by atoms with E-state index in [-0.39, 0.29) is 30.1 Å². The molecule has 2 saturated heterocycles. The number of hydrogen-bond donors (Lipinski definition) is 1. The lowest BCUT2D eigenvalue weighted by atomic mass is 9.95. The van der Waals surface area contributed by atoms with Gasteiger partial charge in [-0.3, -0.25) is 4.79 Å². The van der Waals surface area contributed by atoms with E-state index in [1.165, 1.54) is 0 Å². The van der Waals surface area contributed by atoms with Crippen molar-refractivity contribution in [3.8, 4) is 0 Å². The molecule has 2 atom stereocenters. The third-order valence-corrected chi connectivity index (χ3v) is 6.15. The maximum Gasteiger partial charge on any atom is 0.317 e. The van der Waals surface area contributed by atoms with Crippen molar-refractivity contribution < 1.29 is 14.3 Å². The summed E-state index contributed by atoms with van der Waals surface area (Å²) < 4.78 is 6.62. The van der Waals surface area contributed by atoms with Crippen LogP contribution in [0.25, 0.3) is 0 Å². The van der Waals surface area contributed by atoms with E-state index in [1.807, 2.05) is 36.9 Å². The van der Waals surface area contributed by atoms with Gasteiger partial charge in [-0.1, -0.05) is 33.6 Å². The van der Waals surface area contributed by atoms with Crippen molar-refractivity contribution in [1.82, 2.24) is 15.1 Å². The van der Waals surface area contributed by atoms with Gasteiger partial charge < -0.3 is 19.9 Å². The summed E-state index contributed by atoms with van der Waals surface area (Å²) in [5.74, 6) is 0.186. The third-order valence-electron chi connectivity index (χ3n) is 5.31. The van der Waals surface area contributed by atoms with E-state index >= 15 is 0 Å². The van der Waals surface area contributed by atoms with Crippen molar-refractivity contribution in [1.29, 1.82) is 0 Å². The van der Waals surface area contributed by atoms with Crippen LogP contribution in [0, 0.1) is 5.92 Å². The number of halogens is 2. The van der Waals surface area contributed by atoms with E-state index < -0.39 is 0 Å². The second-order valence-electron chi connectivity index (χ2n) is 7.66. The minimum Gasteiger partial charge on any atom is -0.372 e. The molecule has 3 rings (SSSR count). The number of nitrogens with one attached hydrogen (secondary N) is 1. The number of piperidine rings is 1. The van der Waals surface area contributed by atoms with Gasteiger partial charge >= 0.3 is 6.03 Å². The van der Waals surface area contributed by atoms with Crippen LogP contribution >= 0.6 is 27.5 Å². The molecule has 2 aliphatic rings. The zero-order chi connectivity index (χ0) is 20.3. The summed E-state index contributed by atoms with van der Waals surface area (Å²) in [6.45, 7) is 6.86. The van der Waals surface area contributed by atoms with Crippen molar-refractivity contribution in [3.63, 3.8) is 0 Å². The van der Waals surface area contributed by atoms with E-state index in [9.17, 15) is 9.59 Å². The molecule has 2 unspecified atom stereocenters. The first-order valence-electron chi connectivity index (χ1n) is 9.74. The Morgan fingerprint density at radius 2 is 1.82 bits per heavy atom. The molecule has 2 aliphatic heterocycles. The average molecular weight is 473 g/mol. The van der Waals surface area contributed by atoms with Crippen LogP contribution in [0.3, 0.4) is 0 Å². The molecule has 8 heteroatoms. The number of hydrogen-bond acceptors (Lipinski definition) is 3. The first kappa shape index (κ1) is 21.4. The zero-order valence-corrected chi connectivity index (χ0v) is 18.6. The molecule has 0 radical (unpaired) electrons. The Hall–Kier alpha value is -1.31. The predicted molar refractivity (Wildman–Crippen MR) is 112 cm³/mol. The fraction of sp³-hybridized carbons (Fsp3) is 0.600. The van der Waals surface area contributed by atoms with Crippen molar-refractivity contribution in [2.75, 3.05) is 26.2 Å². The first-order chi connectivity index (χ1) is 13.3. The molecule has 0 bridgehead atoms. The van der Waals surface area contributed by atoms with Crippen molar-refractivity contribution in [3.05, 3.63) is 33.3 Å². The molecule has 0 saturated carbocycles. The van der Waals surface area contributed by atoms with Crippen LogP contribution in [-0.2, 0) is 16.1 Å². The Balaban J connectivity index is 1.46. The van der Waals surface area contributed by atoms with Gasteiger partial charge in [0.05, 0.1) is 12.2 Å². The van der Waals surface area contributed by atoms with Crippen molar-refractivity contribution in [2.24, 2.45) is 5.92 Å². The van der Waals surface area contributed by atoms with E-state index in [2.05, 4.69) is 21.2 Å². The maximum absolute atomic E-state index is 12.8. The van der Waals surface area contributed by atoms with E-state index in [1.54, 1.807) is 4.90 Å². The molecule has 3 amide bonds. The Kier molecular flexibility index (Phi) is 7.23. The second kappa shape index (κ2) is 9.46. The highest BCUT2D eigenvalue weighted by Crippen LogP contribution is 2.23. The first-order valence-corrected chi connectivity index (χ1v) is 10.9. The smallest absolute Gasteiger partial charge is 0.317 e. The molecule has 2 fully saturated rings. The third kappa shape index (κ3) is 5.39. The molecule has 6 nitrogen and oxygen atoms in total. The van der Waals surface area contributed by atoms with Crippen LogP contribution in [-0.4, -0.2) is 60.1 Å². The number of amides is 3. The number of morpholine rings is 1. The van der Waals surface area contributed by atoms with Crippen LogP contribution in [0.5, 0.6) is 0 Å². The molecule has 0 aliphatic carbocycles. The minimum atomic E-state index is -0.112. The lowest BCUT2D eigenvalue weighted by molar-refractivity contribution is -0.148. The fourth-order valence-electron chi connectivity index (χ4n) is 3.89. The van der Waals surface area contributed by atoms with Gasteiger partial charge in [0.15, 0.2) is 0 Å². The van der Waals surface area contributed by atoms with Crippen LogP contribution in [0.2, 0.25) is 5.02 Å². The molecule has 0 spiro atoms. The van der Waals surface area contributed by atoms with Crippen LogP contribution < -0.4 is 5.32 Å². The van der Waals surface area contributed by atoms with Gasteiger partial charge in [-0.15, -0.1) is 0 Å². The Labute approximate surface area is 179 Å². The normalized spacial score (nSPS) is 23.6. The second-order valence-corrected chi connectivity index (χ2v) is 8.98. The Bertz CT molecular complexity index is 715. The highest BCUT2D eigenvalue weighted by Gasteiger charge is 2.33. The standard InChI is InChI=1S/C20H27BrClN3O3/c1-13-11-25(12-14(2)28-13)19(26)15-5-7-24(8-6-15)20(27)23-10-16-3-4-17(21)9-18(16)22/h3-4,9,13-15H,5-8,10-12H2,1-2H3,(H,23,27). The predicted octanol–water partition coefficient (Wildman–Crippen LogP) is 3.66. The number of carbonyl (C=O) groups excluding carboxylic acids is 2. The average Bonchev–Trinajstić information content (AvgIpc) is 2.66. The number of likely N-dealkylation sites (tertiary alicyclic amines) is 1. The molecule has 0 aromatic heterocycles. The Morgan fingerprint density at radius 3 is 2.43 bits per heavy atom. The van der Waals surface area contributed by atoms with Gasteiger partial charge in [0.1, 0.15) is 0 Å². The lowest BCUT2D eigenvalue weighted by Crippen LogP contribution is -2.52. The number of ether oxygens (including phenoxy) is 1. The topological polar surface area (TPSA) is 61.9 Å². The van der Waals surface area contributed by atoms with Crippen LogP contribution in [0.1, 0.15) is 32.3 Å². The monoisotopic (exact) mass is 471 g/mol. The van der Waals surface area contributed by atoms with Crippen molar-refractivity contribution in [2.45, 2.75) is 45.4 Å². The number of rotatable bonds is 3. The number of carbonyl (C=O) groups is 2. The summed E-state index contributed by atoms with van der Waals surface area (Å²) in [4.78, 5) is 29.0. The van der Waals surface area contributed by atoms with Gasteiger partial charge in [-0.05, 0) is 44.4 Å². The zero-order valence-electron chi connectivity index (χ0n) is 16.3. The fourth-order valence-corrected chi connectivity index (χ4v) is 4.63.